The number of carbonyl (C=O) groups is 1. The fourth-order valence-corrected chi connectivity index (χ4v) is 2.16. The summed E-state index contributed by atoms with van der Waals surface area (Å²) in [6.07, 6.45) is 1.59. The van der Waals surface area contributed by atoms with Crippen molar-refractivity contribution >= 4 is 23.1 Å². The van der Waals surface area contributed by atoms with Crippen LogP contribution in [-0.2, 0) is 0 Å². The third-order valence-electron chi connectivity index (χ3n) is 3.29. The molecule has 23 heavy (non-hydrogen) atoms. The van der Waals surface area contributed by atoms with Gasteiger partial charge in [-0.3, -0.25) is 4.40 Å². The number of fused-ring (bicyclic) bond motifs is 1. The number of hydrogen-bond donors (Lipinski definition) is 1. The number of benzene rings is 1. The molecule has 7 heteroatoms. The first-order valence-electron chi connectivity index (χ1n) is 6.73. The predicted octanol–water partition coefficient (Wildman–Crippen LogP) is 3.63. The first-order chi connectivity index (χ1) is 11.1. The minimum atomic E-state index is -1.01. The Kier molecular flexibility index (Phi) is 3.57. The van der Waals surface area contributed by atoms with E-state index in [2.05, 4.69) is 21.3 Å². The summed E-state index contributed by atoms with van der Waals surface area (Å²) < 4.78 is 1.65. The van der Waals surface area contributed by atoms with Crippen molar-refractivity contribution < 1.29 is 9.90 Å². The van der Waals surface area contributed by atoms with Gasteiger partial charge >= 0.3 is 5.97 Å². The van der Waals surface area contributed by atoms with Crippen LogP contribution in [0.3, 0.4) is 0 Å². The van der Waals surface area contributed by atoms with Gasteiger partial charge in [0.15, 0.2) is 5.82 Å². The van der Waals surface area contributed by atoms with Crippen LogP contribution in [0.15, 0.2) is 52.8 Å². The van der Waals surface area contributed by atoms with Crippen molar-refractivity contribution in [3.05, 3.63) is 59.4 Å². The molecule has 0 saturated carbocycles. The maximum Gasteiger partial charge on any atom is 0.335 e. The standard InChI is InChI=1S/C16H11N5O2/c1-10-15(20-19-13-5-3-2-4-12(13)9-17)21-7-6-11(16(22)23)8-14(21)18-10/h2-8H,1H3,(H,22,23). The molecule has 0 unspecified atom stereocenters. The van der Waals surface area contributed by atoms with E-state index in [1.54, 1.807) is 41.8 Å². The second-order valence-corrected chi connectivity index (χ2v) is 4.80. The van der Waals surface area contributed by atoms with Crippen molar-refractivity contribution in [2.24, 2.45) is 10.2 Å². The lowest BCUT2D eigenvalue weighted by atomic mass is 10.2. The van der Waals surface area contributed by atoms with Gasteiger partial charge in [0.2, 0.25) is 0 Å². The van der Waals surface area contributed by atoms with Crippen LogP contribution in [0, 0.1) is 18.3 Å². The second-order valence-electron chi connectivity index (χ2n) is 4.80. The minimum Gasteiger partial charge on any atom is -0.478 e. The molecule has 0 radical (unpaired) electrons. The molecule has 0 aliphatic rings. The lowest BCUT2D eigenvalue weighted by Crippen LogP contribution is -1.97. The van der Waals surface area contributed by atoms with Gasteiger partial charge in [0.05, 0.1) is 16.8 Å². The summed E-state index contributed by atoms with van der Waals surface area (Å²) >= 11 is 0. The van der Waals surface area contributed by atoms with Crippen molar-refractivity contribution in [2.45, 2.75) is 6.92 Å². The average molecular weight is 305 g/mol. The molecule has 3 rings (SSSR count). The molecule has 2 aromatic heterocycles. The normalized spacial score (nSPS) is 11.0. The zero-order chi connectivity index (χ0) is 16.4. The van der Waals surface area contributed by atoms with Crippen LogP contribution in [0.2, 0.25) is 0 Å². The van der Waals surface area contributed by atoms with Gasteiger partial charge in [0.25, 0.3) is 0 Å². The lowest BCUT2D eigenvalue weighted by Gasteiger charge is -1.99. The summed E-state index contributed by atoms with van der Waals surface area (Å²) in [5, 5.41) is 26.4. The van der Waals surface area contributed by atoms with E-state index in [4.69, 9.17) is 10.4 Å². The lowest BCUT2D eigenvalue weighted by molar-refractivity contribution is 0.0697. The maximum absolute atomic E-state index is 11.0. The fraction of sp³-hybridized carbons (Fsp3) is 0.0625. The van der Waals surface area contributed by atoms with E-state index in [0.717, 1.165) is 0 Å². The number of pyridine rings is 1. The first-order valence-corrected chi connectivity index (χ1v) is 6.73. The average Bonchev–Trinajstić information content (AvgIpc) is 2.87. The highest BCUT2D eigenvalue weighted by molar-refractivity contribution is 5.88. The topological polar surface area (TPSA) is 103 Å². The van der Waals surface area contributed by atoms with Crippen LogP contribution in [-0.4, -0.2) is 20.5 Å². The molecule has 0 aliphatic carbocycles. The van der Waals surface area contributed by atoms with Crippen molar-refractivity contribution in [2.75, 3.05) is 0 Å². The molecule has 0 aliphatic heterocycles. The smallest absolute Gasteiger partial charge is 0.335 e. The van der Waals surface area contributed by atoms with Crippen LogP contribution in [0.5, 0.6) is 0 Å². The molecule has 0 saturated heterocycles. The molecule has 2 heterocycles. The Morgan fingerprint density at radius 1 is 1.30 bits per heavy atom. The molecule has 1 aromatic carbocycles. The zero-order valence-electron chi connectivity index (χ0n) is 12.1. The molecule has 0 amide bonds. The number of azo groups is 1. The summed E-state index contributed by atoms with van der Waals surface area (Å²) in [6.45, 7) is 1.76. The van der Waals surface area contributed by atoms with Crippen molar-refractivity contribution in [3.63, 3.8) is 0 Å². The number of aromatic nitrogens is 2. The van der Waals surface area contributed by atoms with Gasteiger partial charge in [-0.15, -0.1) is 10.2 Å². The van der Waals surface area contributed by atoms with Crippen molar-refractivity contribution in [1.29, 1.82) is 5.26 Å². The maximum atomic E-state index is 11.0. The van der Waals surface area contributed by atoms with Gasteiger partial charge in [-0.1, -0.05) is 12.1 Å². The third kappa shape index (κ3) is 2.65. The fourth-order valence-electron chi connectivity index (χ4n) is 2.16. The van der Waals surface area contributed by atoms with E-state index in [9.17, 15) is 4.79 Å². The van der Waals surface area contributed by atoms with Crippen molar-refractivity contribution in [3.8, 4) is 6.07 Å². The molecule has 0 atom stereocenters. The number of carboxylic acids is 1. The SMILES string of the molecule is Cc1nc2cc(C(=O)O)ccn2c1N=Nc1ccccc1C#N. The van der Waals surface area contributed by atoms with E-state index in [0.29, 0.717) is 28.4 Å². The molecule has 0 fully saturated rings. The molecule has 3 aromatic rings. The van der Waals surface area contributed by atoms with Gasteiger partial charge in [-0.25, -0.2) is 9.78 Å². The Labute approximate surface area is 131 Å². The second kappa shape index (κ2) is 5.69. The number of nitrogens with zero attached hydrogens (tertiary/aromatic N) is 5. The Morgan fingerprint density at radius 3 is 2.83 bits per heavy atom. The highest BCUT2D eigenvalue weighted by atomic mass is 16.4. The van der Waals surface area contributed by atoms with Gasteiger partial charge in [-0.05, 0) is 31.2 Å². The van der Waals surface area contributed by atoms with Crippen LogP contribution in [0.25, 0.3) is 5.65 Å². The molecular formula is C16H11N5O2. The third-order valence-corrected chi connectivity index (χ3v) is 3.29. The van der Waals surface area contributed by atoms with Crippen LogP contribution < -0.4 is 0 Å². The molecule has 112 valence electrons. The van der Waals surface area contributed by atoms with E-state index < -0.39 is 5.97 Å². The minimum absolute atomic E-state index is 0.154. The van der Waals surface area contributed by atoms with Crippen LogP contribution in [0.1, 0.15) is 21.6 Å². The molecular weight excluding hydrogens is 294 g/mol. The van der Waals surface area contributed by atoms with E-state index in [1.165, 1.54) is 12.1 Å². The highest BCUT2D eigenvalue weighted by Gasteiger charge is 2.11. The monoisotopic (exact) mass is 305 g/mol. The number of aryl methyl sites for hydroxylation is 1. The van der Waals surface area contributed by atoms with Gasteiger partial charge in [0, 0.05) is 6.20 Å². The quantitative estimate of drug-likeness (QED) is 0.746. The highest BCUT2D eigenvalue weighted by Crippen LogP contribution is 2.25. The summed E-state index contributed by atoms with van der Waals surface area (Å²) in [5.74, 6) is -0.524. The summed E-state index contributed by atoms with van der Waals surface area (Å²) in [6, 6.07) is 11.9. The molecule has 7 nitrogen and oxygen atoms in total. The number of hydrogen-bond acceptors (Lipinski definition) is 5. The van der Waals surface area contributed by atoms with Crippen molar-refractivity contribution in [1.82, 2.24) is 9.38 Å². The number of imidazole rings is 1. The van der Waals surface area contributed by atoms with E-state index in [-0.39, 0.29) is 5.56 Å². The van der Waals surface area contributed by atoms with Crippen LogP contribution >= 0.6 is 0 Å². The van der Waals surface area contributed by atoms with Gasteiger partial charge < -0.3 is 5.11 Å². The summed E-state index contributed by atoms with van der Waals surface area (Å²) in [7, 11) is 0. The largest absolute Gasteiger partial charge is 0.478 e. The number of nitriles is 1. The number of aromatic carboxylic acids is 1. The Hall–Kier alpha value is -3.53. The molecule has 0 spiro atoms. The zero-order valence-corrected chi connectivity index (χ0v) is 12.1. The van der Waals surface area contributed by atoms with Crippen LogP contribution in [0.4, 0.5) is 11.5 Å². The summed E-state index contributed by atoms with van der Waals surface area (Å²) in [4.78, 5) is 15.3. The van der Waals surface area contributed by atoms with Gasteiger partial charge in [0.1, 0.15) is 17.4 Å². The first kappa shape index (κ1) is 14.4. The van der Waals surface area contributed by atoms with Gasteiger partial charge in [-0.2, -0.15) is 5.26 Å². The Bertz CT molecular complexity index is 982. The Morgan fingerprint density at radius 2 is 2.09 bits per heavy atom. The Balaban J connectivity index is 2.07. The van der Waals surface area contributed by atoms with E-state index >= 15 is 0 Å². The molecule has 1 N–H and O–H groups in total. The number of carboxylic acid groups (broad SMARTS) is 1. The summed E-state index contributed by atoms with van der Waals surface area (Å²) in [5.41, 5.74) is 2.14. The molecule has 0 bridgehead atoms. The predicted molar refractivity (Wildman–Crippen MR) is 82.2 cm³/mol. The number of rotatable bonds is 3. The van der Waals surface area contributed by atoms with E-state index in [1.807, 2.05) is 0 Å².